The van der Waals surface area contributed by atoms with E-state index in [4.69, 9.17) is 33.2 Å². The number of rotatable bonds is 14. The minimum absolute atomic E-state index is 0.0253. The summed E-state index contributed by atoms with van der Waals surface area (Å²) in [5.41, 5.74) is 3.66. The van der Waals surface area contributed by atoms with E-state index >= 15 is 0 Å². The third kappa shape index (κ3) is 9.95. The molecule has 53 heavy (non-hydrogen) atoms. The Labute approximate surface area is 306 Å². The summed E-state index contributed by atoms with van der Waals surface area (Å²) in [6.45, 7) is 0.914. The molecule has 1 aliphatic rings. The fourth-order valence-electron chi connectivity index (χ4n) is 5.64. The van der Waals surface area contributed by atoms with Crippen molar-refractivity contribution in [2.24, 2.45) is 0 Å². The van der Waals surface area contributed by atoms with Gasteiger partial charge in [0, 0.05) is 6.04 Å². The first-order chi connectivity index (χ1) is 25.5. The van der Waals surface area contributed by atoms with Gasteiger partial charge in [-0.1, -0.05) is 36.4 Å². The molecule has 0 radical (unpaired) electrons. The molecule has 1 aliphatic heterocycles. The van der Waals surface area contributed by atoms with Crippen LogP contribution in [0.4, 0.5) is 0 Å². The second-order valence-corrected chi connectivity index (χ2v) is 11.5. The van der Waals surface area contributed by atoms with Crippen LogP contribution in [0.3, 0.4) is 0 Å². The molecule has 0 fully saturated rings. The third-order valence-electron chi connectivity index (χ3n) is 8.22. The number of carbonyl (C=O) groups excluding carboxylic acids is 2. The minimum atomic E-state index is -2.21. The lowest BCUT2D eigenvalue weighted by molar-refractivity contribution is -0.166. The molecule has 4 aromatic carbocycles. The van der Waals surface area contributed by atoms with Crippen molar-refractivity contribution in [2.45, 2.75) is 31.1 Å². The third-order valence-corrected chi connectivity index (χ3v) is 8.22. The first-order valence-electron chi connectivity index (χ1n) is 16.3. The Balaban J connectivity index is 0.000000237. The van der Waals surface area contributed by atoms with E-state index in [0.717, 1.165) is 36.4 Å². The van der Waals surface area contributed by atoms with Crippen molar-refractivity contribution in [1.82, 2.24) is 5.32 Å². The van der Waals surface area contributed by atoms with Gasteiger partial charge in [0.05, 0.1) is 46.7 Å². The monoisotopic (exact) mass is 731 g/mol. The van der Waals surface area contributed by atoms with Gasteiger partial charge in [-0.15, -0.1) is 0 Å². The van der Waals surface area contributed by atoms with Gasteiger partial charge in [-0.2, -0.15) is 0 Å². The SMILES string of the molecule is COc1cc2c(cc1OC)[C@@H](Cc1cc(OC)c(OC)c(OC)c1)NCC2.O=C(O[C@@H](C(=O)O)[C@@H](OC(=O)c1ccccc1)C(=O)O)c1ccccc1. The molecule has 0 spiro atoms. The summed E-state index contributed by atoms with van der Waals surface area (Å²) in [6, 6.07) is 23.1. The van der Waals surface area contributed by atoms with Crippen molar-refractivity contribution in [1.29, 1.82) is 0 Å². The smallest absolute Gasteiger partial charge is 0.349 e. The largest absolute Gasteiger partial charge is 0.493 e. The highest BCUT2D eigenvalue weighted by Gasteiger charge is 2.41. The summed E-state index contributed by atoms with van der Waals surface area (Å²) >= 11 is 0. The predicted molar refractivity (Wildman–Crippen MR) is 190 cm³/mol. The number of methoxy groups -OCH3 is 5. The first kappa shape index (κ1) is 39.5. The highest BCUT2D eigenvalue weighted by Crippen LogP contribution is 2.41. The predicted octanol–water partition coefficient (Wildman–Crippen LogP) is 4.77. The van der Waals surface area contributed by atoms with Crippen LogP contribution in [0.25, 0.3) is 0 Å². The van der Waals surface area contributed by atoms with Crippen LogP contribution in [-0.4, -0.2) is 88.4 Å². The van der Waals surface area contributed by atoms with E-state index in [2.05, 4.69) is 17.4 Å². The Morgan fingerprint density at radius 3 is 1.51 bits per heavy atom. The molecule has 0 unspecified atom stereocenters. The number of hydrogen-bond donors (Lipinski definition) is 3. The standard InChI is InChI=1S/C21H27NO5.C18H14O8/c1-23-17-11-14-6-7-22-16(15(14)12-18(17)24-2)8-13-9-19(25-3)21(27-5)20(10-13)26-4;19-15(20)13(25-17(23)11-7-3-1-4-8-11)14(16(21)22)26-18(24)12-9-5-2-6-10-12/h9-12,16,22H,6-8H2,1-5H3;1-10,13-14H,(H,19,20)(H,21,22)/t16-;13-,14-/m11/s1. The maximum absolute atomic E-state index is 12.0. The van der Waals surface area contributed by atoms with Crippen LogP contribution in [0.15, 0.2) is 84.9 Å². The number of fused-ring (bicyclic) bond motifs is 1. The fraction of sp³-hybridized carbons (Fsp3) is 0.282. The van der Waals surface area contributed by atoms with Crippen LogP contribution in [-0.2, 0) is 31.9 Å². The Hall–Kier alpha value is -6.28. The second-order valence-electron chi connectivity index (χ2n) is 11.5. The summed E-state index contributed by atoms with van der Waals surface area (Å²) in [6.07, 6.45) is -2.68. The molecule has 5 rings (SSSR count). The molecule has 0 bridgehead atoms. The zero-order valence-electron chi connectivity index (χ0n) is 29.8. The number of esters is 2. The van der Waals surface area contributed by atoms with Gasteiger partial charge >= 0.3 is 23.9 Å². The second kappa shape index (κ2) is 18.8. The fourth-order valence-corrected chi connectivity index (χ4v) is 5.64. The molecule has 0 amide bonds. The Bertz CT molecular complexity index is 1790. The highest BCUT2D eigenvalue weighted by atomic mass is 16.6. The molecular weight excluding hydrogens is 690 g/mol. The van der Waals surface area contributed by atoms with Crippen LogP contribution in [0.2, 0.25) is 0 Å². The molecule has 3 atom stereocenters. The molecule has 0 aromatic heterocycles. The molecular formula is C39H41NO13. The number of carboxylic acid groups (broad SMARTS) is 2. The zero-order valence-corrected chi connectivity index (χ0v) is 29.8. The van der Waals surface area contributed by atoms with Crippen LogP contribution >= 0.6 is 0 Å². The highest BCUT2D eigenvalue weighted by molar-refractivity contribution is 5.95. The molecule has 4 aromatic rings. The summed E-state index contributed by atoms with van der Waals surface area (Å²) in [5.74, 6) is -2.19. The van der Waals surface area contributed by atoms with Gasteiger partial charge in [-0.3, -0.25) is 0 Å². The van der Waals surface area contributed by atoms with E-state index in [1.165, 1.54) is 59.7 Å². The molecule has 280 valence electrons. The van der Waals surface area contributed by atoms with Crippen molar-refractivity contribution in [2.75, 3.05) is 42.1 Å². The van der Waals surface area contributed by atoms with Gasteiger partial charge in [0.1, 0.15) is 0 Å². The number of benzene rings is 4. The first-order valence-corrected chi connectivity index (χ1v) is 16.3. The van der Waals surface area contributed by atoms with Gasteiger partial charge in [-0.05, 0) is 84.6 Å². The van der Waals surface area contributed by atoms with E-state index < -0.39 is 36.1 Å². The molecule has 0 saturated carbocycles. The van der Waals surface area contributed by atoms with Crippen molar-refractivity contribution in [3.63, 3.8) is 0 Å². The van der Waals surface area contributed by atoms with Gasteiger partial charge < -0.3 is 48.7 Å². The molecule has 0 aliphatic carbocycles. The average molecular weight is 732 g/mol. The van der Waals surface area contributed by atoms with Crippen molar-refractivity contribution < 1.29 is 62.5 Å². The van der Waals surface area contributed by atoms with E-state index in [0.29, 0.717) is 17.2 Å². The van der Waals surface area contributed by atoms with E-state index in [9.17, 15) is 29.4 Å². The normalized spacial score (nSPS) is 14.1. The number of hydrogen-bond acceptors (Lipinski definition) is 12. The summed E-state index contributed by atoms with van der Waals surface area (Å²) in [5, 5.41) is 22.1. The minimum Gasteiger partial charge on any atom is -0.493 e. The van der Waals surface area contributed by atoms with E-state index in [1.54, 1.807) is 47.7 Å². The topological polar surface area (TPSA) is 185 Å². The van der Waals surface area contributed by atoms with Gasteiger partial charge in [0.15, 0.2) is 23.0 Å². The van der Waals surface area contributed by atoms with Crippen molar-refractivity contribution >= 4 is 23.9 Å². The van der Waals surface area contributed by atoms with Crippen LogP contribution in [0, 0.1) is 0 Å². The lowest BCUT2D eigenvalue weighted by atomic mass is 9.89. The number of aliphatic carboxylic acids is 2. The molecule has 14 heteroatoms. The summed E-state index contributed by atoms with van der Waals surface area (Å²) < 4.78 is 36.9. The molecule has 0 saturated heterocycles. The Kier molecular flexibility index (Phi) is 14.0. The lowest BCUT2D eigenvalue weighted by Crippen LogP contribution is -2.45. The van der Waals surface area contributed by atoms with E-state index in [-0.39, 0.29) is 17.2 Å². The van der Waals surface area contributed by atoms with Gasteiger partial charge in [-0.25, -0.2) is 19.2 Å². The molecule has 3 N–H and O–H groups in total. The number of ether oxygens (including phenoxy) is 7. The van der Waals surface area contributed by atoms with Gasteiger partial charge in [0.25, 0.3) is 0 Å². The van der Waals surface area contributed by atoms with Crippen LogP contribution in [0.5, 0.6) is 28.7 Å². The lowest BCUT2D eigenvalue weighted by Gasteiger charge is -2.28. The summed E-state index contributed by atoms with van der Waals surface area (Å²) in [7, 11) is 8.20. The number of nitrogens with one attached hydrogen (secondary N) is 1. The Morgan fingerprint density at radius 2 is 1.09 bits per heavy atom. The number of carboxylic acids is 2. The van der Waals surface area contributed by atoms with Crippen LogP contribution in [0.1, 0.15) is 43.4 Å². The van der Waals surface area contributed by atoms with Gasteiger partial charge in [0.2, 0.25) is 18.0 Å². The average Bonchev–Trinajstić information content (AvgIpc) is 3.18. The van der Waals surface area contributed by atoms with Crippen LogP contribution < -0.4 is 29.0 Å². The van der Waals surface area contributed by atoms with Crippen molar-refractivity contribution in [3.8, 4) is 28.7 Å². The van der Waals surface area contributed by atoms with E-state index in [1.807, 2.05) is 12.1 Å². The van der Waals surface area contributed by atoms with Crippen molar-refractivity contribution in [3.05, 3.63) is 113 Å². The maximum atomic E-state index is 12.0. The maximum Gasteiger partial charge on any atom is 0.349 e. The number of carbonyl (C=O) groups is 4. The Morgan fingerprint density at radius 1 is 0.642 bits per heavy atom. The zero-order chi connectivity index (χ0) is 38.5. The quantitative estimate of drug-likeness (QED) is 0.151. The molecule has 1 heterocycles. The molecule has 14 nitrogen and oxygen atoms in total. The summed E-state index contributed by atoms with van der Waals surface area (Å²) in [4.78, 5) is 46.8.